The predicted molar refractivity (Wildman–Crippen MR) is 81.2 cm³/mol. The number of aryl methyl sites for hydroxylation is 2. The van der Waals surface area contributed by atoms with Gasteiger partial charge in [-0.2, -0.15) is 0 Å². The van der Waals surface area contributed by atoms with Gasteiger partial charge in [-0.1, -0.05) is 18.2 Å². The van der Waals surface area contributed by atoms with Gasteiger partial charge in [0.05, 0.1) is 19.1 Å². The Morgan fingerprint density at radius 3 is 2.52 bits per heavy atom. The highest BCUT2D eigenvalue weighted by molar-refractivity contribution is 6.01. The summed E-state index contributed by atoms with van der Waals surface area (Å²) in [6.07, 6.45) is 0.153. The zero-order valence-corrected chi connectivity index (χ0v) is 12.5. The van der Waals surface area contributed by atoms with Crippen LogP contribution in [0.1, 0.15) is 39.6 Å². The number of ether oxygens (including phenoxy) is 2. The van der Waals surface area contributed by atoms with Crippen LogP contribution in [0, 0.1) is 13.8 Å². The number of carbonyl (C=O) groups excluding carboxylic acids is 1. The number of rotatable bonds is 2. The molecule has 108 valence electrons. The van der Waals surface area contributed by atoms with E-state index in [4.69, 9.17) is 9.47 Å². The van der Waals surface area contributed by atoms with Crippen LogP contribution in [-0.2, 0) is 0 Å². The maximum absolute atomic E-state index is 12.4. The predicted octanol–water partition coefficient (Wildman–Crippen LogP) is 4.02. The number of hydrogen-bond donors (Lipinski definition) is 0. The fourth-order valence-electron chi connectivity index (χ4n) is 2.85. The van der Waals surface area contributed by atoms with E-state index in [-0.39, 0.29) is 11.9 Å². The molecule has 0 amide bonds. The Morgan fingerprint density at radius 1 is 1.14 bits per heavy atom. The van der Waals surface area contributed by atoms with E-state index >= 15 is 0 Å². The number of methoxy groups -OCH3 is 1. The average molecular weight is 282 g/mol. The molecule has 3 heteroatoms. The van der Waals surface area contributed by atoms with Crippen LogP contribution in [-0.4, -0.2) is 12.9 Å². The van der Waals surface area contributed by atoms with Crippen molar-refractivity contribution in [2.75, 3.05) is 7.11 Å². The molecule has 0 saturated carbocycles. The SMILES string of the molecule is COc1ccc([C@H]2CC(=O)c3c(C)cc(C)cc3O2)cc1. The van der Waals surface area contributed by atoms with Crippen molar-refractivity contribution < 1.29 is 14.3 Å². The van der Waals surface area contributed by atoms with Crippen molar-refractivity contribution in [3.63, 3.8) is 0 Å². The van der Waals surface area contributed by atoms with Crippen LogP contribution < -0.4 is 9.47 Å². The monoisotopic (exact) mass is 282 g/mol. The van der Waals surface area contributed by atoms with E-state index in [1.807, 2.05) is 50.2 Å². The van der Waals surface area contributed by atoms with Gasteiger partial charge in [0.15, 0.2) is 5.78 Å². The first-order chi connectivity index (χ1) is 10.1. The van der Waals surface area contributed by atoms with Gasteiger partial charge >= 0.3 is 0 Å². The molecular formula is C18H18O3. The van der Waals surface area contributed by atoms with Gasteiger partial charge in [0, 0.05) is 0 Å². The average Bonchev–Trinajstić information content (AvgIpc) is 2.46. The highest BCUT2D eigenvalue weighted by Gasteiger charge is 2.29. The third-order valence-corrected chi connectivity index (χ3v) is 3.85. The Kier molecular flexibility index (Phi) is 3.42. The quantitative estimate of drug-likeness (QED) is 0.834. The van der Waals surface area contributed by atoms with Crippen molar-refractivity contribution in [3.8, 4) is 11.5 Å². The number of fused-ring (bicyclic) bond motifs is 1. The number of Topliss-reactive ketones (excluding diaryl/α,β-unsaturated/α-hetero) is 1. The van der Waals surface area contributed by atoms with Gasteiger partial charge in [-0.15, -0.1) is 0 Å². The topological polar surface area (TPSA) is 35.5 Å². The van der Waals surface area contributed by atoms with Crippen molar-refractivity contribution in [1.29, 1.82) is 0 Å². The Balaban J connectivity index is 1.95. The second-order valence-corrected chi connectivity index (χ2v) is 5.46. The van der Waals surface area contributed by atoms with Gasteiger partial charge in [-0.05, 0) is 48.7 Å². The molecule has 3 rings (SSSR count). The minimum absolute atomic E-state index is 0.148. The molecule has 0 unspecified atom stereocenters. The lowest BCUT2D eigenvalue weighted by Gasteiger charge is -2.27. The lowest BCUT2D eigenvalue weighted by molar-refractivity contribution is 0.0849. The van der Waals surface area contributed by atoms with E-state index in [2.05, 4.69) is 0 Å². The molecule has 0 radical (unpaired) electrons. The summed E-state index contributed by atoms with van der Waals surface area (Å²) in [5.74, 6) is 1.65. The smallest absolute Gasteiger partial charge is 0.170 e. The van der Waals surface area contributed by atoms with E-state index in [0.29, 0.717) is 12.2 Å². The van der Waals surface area contributed by atoms with Gasteiger partial charge in [0.25, 0.3) is 0 Å². The molecule has 1 aliphatic heterocycles. The normalized spacial score (nSPS) is 17.1. The van der Waals surface area contributed by atoms with Crippen LogP contribution in [0.5, 0.6) is 11.5 Å². The van der Waals surface area contributed by atoms with Gasteiger partial charge < -0.3 is 9.47 Å². The summed E-state index contributed by atoms with van der Waals surface area (Å²) >= 11 is 0. The Hall–Kier alpha value is -2.29. The molecule has 0 spiro atoms. The van der Waals surface area contributed by atoms with Crippen molar-refractivity contribution in [3.05, 3.63) is 58.7 Å². The summed E-state index contributed by atoms with van der Waals surface area (Å²) in [5, 5.41) is 0. The van der Waals surface area contributed by atoms with Gasteiger partial charge in [-0.3, -0.25) is 4.79 Å². The molecule has 0 fully saturated rings. The van der Waals surface area contributed by atoms with Crippen molar-refractivity contribution in [2.24, 2.45) is 0 Å². The fraction of sp³-hybridized carbons (Fsp3) is 0.278. The Bertz CT molecular complexity index is 686. The number of benzene rings is 2. The van der Waals surface area contributed by atoms with Crippen LogP contribution in [0.15, 0.2) is 36.4 Å². The lowest BCUT2D eigenvalue weighted by atomic mass is 9.92. The second-order valence-electron chi connectivity index (χ2n) is 5.46. The van der Waals surface area contributed by atoms with Crippen LogP contribution in [0.2, 0.25) is 0 Å². The summed E-state index contributed by atoms with van der Waals surface area (Å²) in [7, 11) is 1.64. The van der Waals surface area contributed by atoms with Crippen LogP contribution >= 0.6 is 0 Å². The van der Waals surface area contributed by atoms with E-state index in [9.17, 15) is 4.79 Å². The molecule has 2 aromatic carbocycles. The van der Waals surface area contributed by atoms with Crippen molar-refractivity contribution in [1.82, 2.24) is 0 Å². The summed E-state index contributed by atoms with van der Waals surface area (Å²) in [5.41, 5.74) is 3.82. The van der Waals surface area contributed by atoms with E-state index in [1.54, 1.807) is 7.11 Å². The first-order valence-corrected chi connectivity index (χ1v) is 7.03. The number of ketones is 1. The molecular weight excluding hydrogens is 264 g/mol. The van der Waals surface area contributed by atoms with E-state index in [0.717, 1.165) is 28.0 Å². The molecule has 2 aromatic rings. The fourth-order valence-corrected chi connectivity index (χ4v) is 2.85. The minimum Gasteiger partial charge on any atom is -0.497 e. The summed E-state index contributed by atoms with van der Waals surface area (Å²) < 4.78 is 11.2. The Labute approximate surface area is 124 Å². The molecule has 0 bridgehead atoms. The first-order valence-electron chi connectivity index (χ1n) is 7.03. The second kappa shape index (κ2) is 5.24. The summed E-state index contributed by atoms with van der Waals surface area (Å²) in [6.45, 7) is 3.97. The number of carbonyl (C=O) groups is 1. The van der Waals surface area contributed by atoms with Crippen LogP contribution in [0.3, 0.4) is 0 Å². The van der Waals surface area contributed by atoms with Crippen LogP contribution in [0.4, 0.5) is 0 Å². The standard InChI is InChI=1S/C18H18O3/c1-11-8-12(2)18-15(19)10-16(21-17(18)9-11)13-4-6-14(20-3)7-5-13/h4-9,16H,10H2,1-3H3/t16-/m1/s1. The molecule has 1 atom stereocenters. The molecule has 1 heterocycles. The van der Waals surface area contributed by atoms with E-state index < -0.39 is 0 Å². The third kappa shape index (κ3) is 2.51. The lowest BCUT2D eigenvalue weighted by Crippen LogP contribution is -2.21. The zero-order chi connectivity index (χ0) is 15.0. The molecule has 0 aromatic heterocycles. The number of hydrogen-bond acceptors (Lipinski definition) is 3. The van der Waals surface area contributed by atoms with E-state index in [1.165, 1.54) is 0 Å². The molecule has 21 heavy (non-hydrogen) atoms. The maximum atomic E-state index is 12.4. The maximum Gasteiger partial charge on any atom is 0.170 e. The minimum atomic E-state index is -0.225. The molecule has 0 saturated heterocycles. The first kappa shape index (κ1) is 13.7. The van der Waals surface area contributed by atoms with Gasteiger partial charge in [0.1, 0.15) is 17.6 Å². The van der Waals surface area contributed by atoms with Crippen LogP contribution in [0.25, 0.3) is 0 Å². The molecule has 1 aliphatic rings. The van der Waals surface area contributed by atoms with Crippen molar-refractivity contribution in [2.45, 2.75) is 26.4 Å². The Morgan fingerprint density at radius 2 is 1.86 bits per heavy atom. The highest BCUT2D eigenvalue weighted by Crippen LogP contribution is 2.37. The molecule has 3 nitrogen and oxygen atoms in total. The van der Waals surface area contributed by atoms with Crippen molar-refractivity contribution >= 4 is 5.78 Å². The highest BCUT2D eigenvalue weighted by atomic mass is 16.5. The van der Waals surface area contributed by atoms with Gasteiger partial charge in [-0.25, -0.2) is 0 Å². The molecule has 0 aliphatic carbocycles. The van der Waals surface area contributed by atoms with Gasteiger partial charge in [0.2, 0.25) is 0 Å². The largest absolute Gasteiger partial charge is 0.497 e. The summed E-state index contributed by atoms with van der Waals surface area (Å²) in [4.78, 5) is 12.4. The third-order valence-electron chi connectivity index (χ3n) is 3.85. The summed E-state index contributed by atoms with van der Waals surface area (Å²) in [6, 6.07) is 11.6. The zero-order valence-electron chi connectivity index (χ0n) is 12.5. The molecule has 0 N–H and O–H groups in total.